The molecule has 2 aliphatic rings. The topological polar surface area (TPSA) is 271 Å². The van der Waals surface area contributed by atoms with Crippen molar-refractivity contribution in [3.05, 3.63) is 162 Å². The SMILES string of the molecule is CC(C)Nc1nc(Nc2ccc(CC(C)Nc3nc(Nc4ccc(CC(C)Nc5nc(Nc6ccccc6)nc(Nc6ccc7c(c6)CCC7)n5)cc4)nc(Nc4ccc5c(c4)OCO5)n3)cc2)nc(Nc2ccc3cn[nH]c3c2)n1. The summed E-state index contributed by atoms with van der Waals surface area (Å²) in [7, 11) is 0. The Labute approximate surface area is 467 Å². The standard InChI is InChI=1S/C59H60N20O2/c1-34(2)61-51-70-55(77-58(71-51)68-46-24-18-41-32-60-79-48(41)30-46)65-43-19-13-37(14-20-43)28-36(4)63-53-73-56(78-59(75-53)69-47-25-26-49-50(31-47)81-33-80-49)66-44-21-15-38(16-22-44)27-35(3)62-52-72-54(64-42-11-6-5-7-12-42)76-57(74-52)67-45-23-17-39-9-8-10-40(39)29-45/h5-7,11-26,29-32,34-36H,8-10,27-28,33H2,1-4H3,(H,60,79)(H3,61,65,68,70,71,77)(H3,62,64,67,72,74,76)(H3,63,66,69,73,75,78). The summed E-state index contributed by atoms with van der Waals surface area (Å²) in [5.74, 6) is 4.95. The lowest BCUT2D eigenvalue weighted by Crippen LogP contribution is -2.21. The van der Waals surface area contributed by atoms with Crippen molar-refractivity contribution in [3.8, 4) is 11.5 Å². The molecule has 10 aromatic rings. The summed E-state index contributed by atoms with van der Waals surface area (Å²) < 4.78 is 11.2. The van der Waals surface area contributed by atoms with Gasteiger partial charge in [-0.15, -0.1) is 0 Å². The molecule has 2 atom stereocenters. The number of aryl methyl sites for hydroxylation is 2. The molecule has 1 aliphatic heterocycles. The molecule has 4 aromatic heterocycles. The van der Waals surface area contributed by atoms with Gasteiger partial charge in [0.25, 0.3) is 0 Å². The van der Waals surface area contributed by atoms with E-state index >= 15 is 0 Å². The van der Waals surface area contributed by atoms with E-state index in [2.05, 4.69) is 129 Å². The van der Waals surface area contributed by atoms with Crippen LogP contribution in [0.1, 0.15) is 56.4 Å². The van der Waals surface area contributed by atoms with Gasteiger partial charge >= 0.3 is 0 Å². The molecule has 0 radical (unpaired) electrons. The van der Waals surface area contributed by atoms with Gasteiger partial charge in [0.1, 0.15) is 0 Å². The second-order valence-corrected chi connectivity index (χ2v) is 20.3. The lowest BCUT2D eigenvalue weighted by atomic mass is 10.1. The number of aromatic amines is 1. The molecule has 2 unspecified atom stereocenters. The number of para-hydroxylation sites is 1. The summed E-state index contributed by atoms with van der Waals surface area (Å²) in [6, 6.07) is 44.2. The number of hydrogen-bond donors (Lipinski definition) is 10. The molecule has 0 saturated heterocycles. The lowest BCUT2D eigenvalue weighted by molar-refractivity contribution is 0.174. The number of aromatic nitrogens is 11. The maximum Gasteiger partial charge on any atom is 0.233 e. The van der Waals surface area contributed by atoms with E-state index in [4.69, 9.17) is 39.4 Å². The Morgan fingerprint density at radius 2 is 0.864 bits per heavy atom. The Hall–Kier alpha value is -10.4. The summed E-state index contributed by atoms with van der Waals surface area (Å²) in [4.78, 5) is 42.6. The van der Waals surface area contributed by atoms with Crippen LogP contribution >= 0.6 is 0 Å². The van der Waals surface area contributed by atoms with E-state index in [1.165, 1.54) is 17.5 Å². The van der Waals surface area contributed by atoms with Gasteiger partial charge in [-0.05, 0) is 161 Å². The number of anilines is 15. The summed E-state index contributed by atoms with van der Waals surface area (Å²) in [6.45, 7) is 8.42. The highest BCUT2D eigenvalue weighted by Gasteiger charge is 2.18. The molecule has 0 saturated carbocycles. The third-order valence-electron chi connectivity index (χ3n) is 13.3. The Morgan fingerprint density at radius 3 is 1.43 bits per heavy atom. The summed E-state index contributed by atoms with van der Waals surface area (Å²) in [6.07, 6.45) is 6.53. The van der Waals surface area contributed by atoms with E-state index in [1.807, 2.05) is 105 Å². The molecule has 81 heavy (non-hydrogen) atoms. The molecular weight excluding hydrogens is 1020 g/mol. The van der Waals surface area contributed by atoms with E-state index in [1.54, 1.807) is 6.20 Å². The molecule has 22 heteroatoms. The number of hydrogen-bond acceptors (Lipinski definition) is 21. The van der Waals surface area contributed by atoms with Crippen LogP contribution in [0.4, 0.5) is 87.7 Å². The third-order valence-corrected chi connectivity index (χ3v) is 13.3. The van der Waals surface area contributed by atoms with Crippen LogP contribution in [-0.2, 0) is 25.7 Å². The van der Waals surface area contributed by atoms with Gasteiger partial charge in [-0.1, -0.05) is 48.5 Å². The first kappa shape index (κ1) is 51.4. The molecule has 0 fully saturated rings. The van der Waals surface area contributed by atoms with Crippen LogP contribution in [0.5, 0.6) is 11.5 Å². The van der Waals surface area contributed by atoms with Crippen molar-refractivity contribution in [1.82, 2.24) is 55.1 Å². The molecule has 10 N–H and O–H groups in total. The highest BCUT2D eigenvalue weighted by molar-refractivity contribution is 5.82. The minimum absolute atomic E-state index is 0.0305. The monoisotopic (exact) mass is 1080 g/mol. The molecular formula is C59H60N20O2. The molecule has 22 nitrogen and oxygen atoms in total. The van der Waals surface area contributed by atoms with Crippen LogP contribution in [0.25, 0.3) is 10.9 Å². The highest BCUT2D eigenvalue weighted by atomic mass is 16.7. The predicted molar refractivity (Wildman–Crippen MR) is 318 cm³/mol. The smallest absolute Gasteiger partial charge is 0.233 e. The molecule has 0 bridgehead atoms. The fourth-order valence-electron chi connectivity index (χ4n) is 9.55. The number of benzene rings is 6. The van der Waals surface area contributed by atoms with Crippen molar-refractivity contribution in [1.29, 1.82) is 0 Å². The molecule has 0 amide bonds. The minimum Gasteiger partial charge on any atom is -0.454 e. The zero-order chi connectivity index (χ0) is 55.1. The van der Waals surface area contributed by atoms with Crippen LogP contribution in [0.3, 0.4) is 0 Å². The van der Waals surface area contributed by atoms with Crippen LogP contribution in [0.15, 0.2) is 140 Å². The maximum atomic E-state index is 5.65. The molecule has 1 aliphatic carbocycles. The average Bonchev–Trinajstić information content (AvgIpc) is 4.25. The quantitative estimate of drug-likeness (QED) is 0.0302. The Morgan fingerprint density at radius 1 is 0.420 bits per heavy atom. The van der Waals surface area contributed by atoms with Crippen LogP contribution in [0, 0.1) is 0 Å². The second kappa shape index (κ2) is 23.3. The molecule has 12 rings (SSSR count). The normalized spacial score (nSPS) is 13.0. The van der Waals surface area contributed by atoms with Crippen molar-refractivity contribution >= 4 is 98.6 Å². The first-order chi connectivity index (χ1) is 39.6. The number of H-pyrrole nitrogens is 1. The fraction of sp³-hybridized carbons (Fsp3) is 0.220. The number of fused-ring (bicyclic) bond motifs is 3. The van der Waals surface area contributed by atoms with Gasteiger partial charge in [0.2, 0.25) is 60.3 Å². The Bertz CT molecular complexity index is 3810. The van der Waals surface area contributed by atoms with E-state index in [9.17, 15) is 0 Å². The first-order valence-corrected chi connectivity index (χ1v) is 27.0. The fourth-order valence-corrected chi connectivity index (χ4v) is 9.55. The van der Waals surface area contributed by atoms with Gasteiger partial charge in [-0.2, -0.15) is 50.0 Å². The van der Waals surface area contributed by atoms with Crippen molar-refractivity contribution in [2.75, 3.05) is 54.6 Å². The zero-order valence-electron chi connectivity index (χ0n) is 45.0. The van der Waals surface area contributed by atoms with Gasteiger partial charge in [0, 0.05) is 63.7 Å². The second-order valence-electron chi connectivity index (χ2n) is 20.3. The van der Waals surface area contributed by atoms with Gasteiger partial charge in [0.05, 0.1) is 11.7 Å². The summed E-state index contributed by atoms with van der Waals surface area (Å²) in [5, 5.41) is 38.6. The molecule has 5 heterocycles. The van der Waals surface area contributed by atoms with Crippen LogP contribution in [0.2, 0.25) is 0 Å². The van der Waals surface area contributed by atoms with E-state index in [0.29, 0.717) is 77.9 Å². The molecule has 6 aromatic carbocycles. The van der Waals surface area contributed by atoms with E-state index in [-0.39, 0.29) is 24.9 Å². The first-order valence-electron chi connectivity index (χ1n) is 27.0. The van der Waals surface area contributed by atoms with Crippen molar-refractivity contribution in [2.45, 2.75) is 77.9 Å². The summed E-state index contributed by atoms with van der Waals surface area (Å²) >= 11 is 0. The number of rotatable bonds is 22. The van der Waals surface area contributed by atoms with Crippen molar-refractivity contribution < 1.29 is 9.47 Å². The van der Waals surface area contributed by atoms with Crippen molar-refractivity contribution in [3.63, 3.8) is 0 Å². The number of nitrogens with zero attached hydrogens (tertiary/aromatic N) is 10. The van der Waals surface area contributed by atoms with E-state index < -0.39 is 0 Å². The van der Waals surface area contributed by atoms with Crippen molar-refractivity contribution in [2.24, 2.45) is 0 Å². The highest BCUT2D eigenvalue weighted by Crippen LogP contribution is 2.35. The lowest BCUT2D eigenvalue weighted by Gasteiger charge is -2.17. The number of ether oxygens (including phenoxy) is 2. The summed E-state index contributed by atoms with van der Waals surface area (Å²) in [5.41, 5.74) is 10.9. The minimum atomic E-state index is -0.0771. The van der Waals surface area contributed by atoms with Crippen LogP contribution < -0.4 is 57.3 Å². The number of nitrogens with one attached hydrogen (secondary N) is 10. The Kier molecular flexibility index (Phi) is 14.8. The van der Waals surface area contributed by atoms with Gasteiger partial charge in [-0.25, -0.2) is 0 Å². The molecule has 0 spiro atoms. The maximum absolute atomic E-state index is 5.65. The third kappa shape index (κ3) is 13.3. The van der Waals surface area contributed by atoms with Gasteiger partial charge in [0.15, 0.2) is 11.5 Å². The average molecular weight is 1080 g/mol. The predicted octanol–water partition coefficient (Wildman–Crippen LogP) is 11.7. The largest absolute Gasteiger partial charge is 0.454 e. The van der Waals surface area contributed by atoms with Gasteiger partial charge < -0.3 is 57.3 Å². The molecule has 408 valence electrons. The van der Waals surface area contributed by atoms with Gasteiger partial charge in [-0.3, -0.25) is 5.10 Å². The van der Waals surface area contributed by atoms with Crippen LogP contribution in [-0.4, -0.2) is 80.0 Å². The van der Waals surface area contributed by atoms with E-state index in [0.717, 1.165) is 69.0 Å². The Balaban J connectivity index is 0.708. The zero-order valence-corrected chi connectivity index (χ0v) is 45.0.